The van der Waals surface area contributed by atoms with Gasteiger partial charge in [-0.05, 0) is 13.3 Å². The number of H-pyrrole nitrogens is 1. The zero-order chi connectivity index (χ0) is 16.2. The maximum absolute atomic E-state index is 11.9. The lowest BCUT2D eigenvalue weighted by Crippen LogP contribution is -2.43. The summed E-state index contributed by atoms with van der Waals surface area (Å²) in [7, 11) is -3.35. The van der Waals surface area contributed by atoms with E-state index in [-0.39, 0.29) is 17.7 Å². The second-order valence-corrected chi connectivity index (χ2v) is 6.94. The van der Waals surface area contributed by atoms with Crippen molar-refractivity contribution in [3.63, 3.8) is 0 Å². The van der Waals surface area contributed by atoms with E-state index in [1.165, 1.54) is 12.3 Å². The number of hydrogen-bond acceptors (Lipinski definition) is 5. The molecule has 0 saturated carbocycles. The molecule has 1 aromatic rings. The Bertz CT molecular complexity index is 707. The Morgan fingerprint density at radius 2 is 2.05 bits per heavy atom. The number of aliphatic carboxylic acids is 1. The topological polar surface area (TPSA) is 133 Å². The van der Waals surface area contributed by atoms with Crippen molar-refractivity contribution in [1.82, 2.24) is 10.3 Å². The van der Waals surface area contributed by atoms with Gasteiger partial charge < -0.3 is 15.4 Å². The van der Waals surface area contributed by atoms with Crippen LogP contribution in [0, 0.1) is 6.92 Å². The molecule has 21 heavy (non-hydrogen) atoms. The standard InChI is InChI=1S/C12H16N2O6S/c1-7-5-10(15)8(6-13-7)11(16)14-9(12(17)18)3-4-21(2,19)20/h5-6,9H,3-4H2,1-2H3,(H,13,15)(H,14,16)(H,17,18). The Labute approximate surface area is 121 Å². The lowest BCUT2D eigenvalue weighted by atomic mass is 10.2. The third-order valence-corrected chi connectivity index (χ3v) is 3.66. The van der Waals surface area contributed by atoms with E-state index in [1.54, 1.807) is 6.92 Å². The van der Waals surface area contributed by atoms with Gasteiger partial charge in [0.25, 0.3) is 5.91 Å². The molecule has 1 atom stereocenters. The molecule has 1 aromatic heterocycles. The first kappa shape index (κ1) is 16.9. The minimum atomic E-state index is -3.35. The van der Waals surface area contributed by atoms with Gasteiger partial charge in [-0.2, -0.15) is 0 Å². The molecule has 0 aliphatic carbocycles. The third-order valence-electron chi connectivity index (χ3n) is 2.68. The van der Waals surface area contributed by atoms with E-state index in [2.05, 4.69) is 10.3 Å². The fourth-order valence-electron chi connectivity index (χ4n) is 1.58. The molecule has 116 valence electrons. The number of amides is 1. The fourth-order valence-corrected chi connectivity index (χ4v) is 2.24. The normalized spacial score (nSPS) is 12.7. The molecule has 0 saturated heterocycles. The zero-order valence-electron chi connectivity index (χ0n) is 11.5. The van der Waals surface area contributed by atoms with Crippen molar-refractivity contribution < 1.29 is 23.1 Å². The number of carbonyl (C=O) groups is 2. The number of nitrogens with one attached hydrogen (secondary N) is 2. The summed E-state index contributed by atoms with van der Waals surface area (Å²) in [5.74, 6) is -2.61. The highest BCUT2D eigenvalue weighted by molar-refractivity contribution is 7.90. The molecular formula is C12H16N2O6S. The summed E-state index contributed by atoms with van der Waals surface area (Å²) in [6.07, 6.45) is 1.88. The van der Waals surface area contributed by atoms with Crippen LogP contribution in [0.1, 0.15) is 22.5 Å². The molecule has 0 spiro atoms. The number of carbonyl (C=O) groups excluding carboxylic acids is 1. The number of aryl methyl sites for hydroxylation is 1. The third kappa shape index (κ3) is 5.38. The van der Waals surface area contributed by atoms with E-state index in [9.17, 15) is 22.8 Å². The van der Waals surface area contributed by atoms with Crippen molar-refractivity contribution in [2.45, 2.75) is 19.4 Å². The molecular weight excluding hydrogens is 300 g/mol. The number of aromatic nitrogens is 1. The molecule has 1 heterocycles. The van der Waals surface area contributed by atoms with Gasteiger partial charge in [0.05, 0.1) is 5.75 Å². The van der Waals surface area contributed by atoms with Crippen LogP contribution in [0.25, 0.3) is 0 Å². The molecule has 0 aliphatic rings. The number of carboxylic acid groups (broad SMARTS) is 1. The Morgan fingerprint density at radius 1 is 1.43 bits per heavy atom. The van der Waals surface area contributed by atoms with Crippen molar-refractivity contribution in [3.05, 3.63) is 33.7 Å². The SMILES string of the molecule is Cc1cc(=O)c(C(=O)NC(CCS(C)(=O)=O)C(=O)O)c[nH]1. The molecule has 1 rings (SSSR count). The maximum Gasteiger partial charge on any atom is 0.326 e. The summed E-state index contributed by atoms with van der Waals surface area (Å²) in [5.41, 5.74) is -0.217. The van der Waals surface area contributed by atoms with Crippen LogP contribution < -0.4 is 10.7 Å². The van der Waals surface area contributed by atoms with Crippen molar-refractivity contribution in [2.75, 3.05) is 12.0 Å². The van der Waals surface area contributed by atoms with Crippen LogP contribution >= 0.6 is 0 Å². The van der Waals surface area contributed by atoms with Crippen molar-refractivity contribution in [2.24, 2.45) is 0 Å². The van der Waals surface area contributed by atoms with Crippen molar-refractivity contribution in [1.29, 1.82) is 0 Å². The highest BCUT2D eigenvalue weighted by Crippen LogP contribution is 2.00. The highest BCUT2D eigenvalue weighted by atomic mass is 32.2. The Hall–Kier alpha value is -2.16. The van der Waals surface area contributed by atoms with Crippen LogP contribution in [-0.4, -0.2) is 48.4 Å². The van der Waals surface area contributed by atoms with E-state index in [0.29, 0.717) is 5.69 Å². The number of aromatic amines is 1. The molecule has 0 bridgehead atoms. The molecule has 3 N–H and O–H groups in total. The van der Waals surface area contributed by atoms with E-state index >= 15 is 0 Å². The van der Waals surface area contributed by atoms with Gasteiger partial charge in [0, 0.05) is 24.2 Å². The molecule has 0 aromatic carbocycles. The summed E-state index contributed by atoms with van der Waals surface area (Å²) < 4.78 is 22.1. The van der Waals surface area contributed by atoms with E-state index in [1.807, 2.05) is 0 Å². The fraction of sp³-hybridized carbons (Fsp3) is 0.417. The van der Waals surface area contributed by atoms with Crippen LogP contribution in [0.15, 0.2) is 17.1 Å². The molecule has 1 amide bonds. The Kier molecular flexibility index (Phi) is 5.25. The summed E-state index contributed by atoms with van der Waals surface area (Å²) in [6.45, 7) is 1.63. The van der Waals surface area contributed by atoms with Crippen molar-refractivity contribution >= 4 is 21.7 Å². The molecule has 0 radical (unpaired) electrons. The second-order valence-electron chi connectivity index (χ2n) is 4.68. The molecule has 8 nitrogen and oxygen atoms in total. The summed E-state index contributed by atoms with van der Waals surface area (Å²) in [5, 5.41) is 11.1. The quantitative estimate of drug-likeness (QED) is 0.635. The first-order valence-electron chi connectivity index (χ1n) is 6.01. The van der Waals surface area contributed by atoms with Crippen molar-refractivity contribution in [3.8, 4) is 0 Å². The zero-order valence-corrected chi connectivity index (χ0v) is 12.4. The van der Waals surface area contributed by atoms with Crippen LogP contribution in [0.3, 0.4) is 0 Å². The first-order chi connectivity index (χ1) is 9.60. The predicted molar refractivity (Wildman–Crippen MR) is 75.0 cm³/mol. The van der Waals surface area contributed by atoms with Gasteiger partial charge in [-0.15, -0.1) is 0 Å². The smallest absolute Gasteiger partial charge is 0.326 e. The molecule has 9 heteroatoms. The van der Waals surface area contributed by atoms with Gasteiger partial charge in [0.2, 0.25) is 0 Å². The summed E-state index contributed by atoms with van der Waals surface area (Å²) in [6, 6.07) is -0.172. The van der Waals surface area contributed by atoms with Gasteiger partial charge in [-0.25, -0.2) is 13.2 Å². The van der Waals surface area contributed by atoms with Crippen LogP contribution in [0.2, 0.25) is 0 Å². The van der Waals surface area contributed by atoms with Gasteiger partial charge in [0.1, 0.15) is 21.4 Å². The minimum absolute atomic E-state index is 0.230. The van der Waals surface area contributed by atoms with Gasteiger partial charge in [-0.1, -0.05) is 0 Å². The number of carboxylic acids is 1. The van der Waals surface area contributed by atoms with Gasteiger partial charge >= 0.3 is 5.97 Å². The summed E-state index contributed by atoms with van der Waals surface area (Å²) in [4.78, 5) is 37.2. The van der Waals surface area contributed by atoms with Crippen LogP contribution in [0.4, 0.5) is 0 Å². The number of pyridine rings is 1. The Morgan fingerprint density at radius 3 is 2.52 bits per heavy atom. The second kappa shape index (κ2) is 6.53. The predicted octanol–water partition coefficient (Wildman–Crippen LogP) is -0.699. The molecule has 0 aliphatic heterocycles. The van der Waals surface area contributed by atoms with Crippen LogP contribution in [0.5, 0.6) is 0 Å². The summed E-state index contributed by atoms with van der Waals surface area (Å²) >= 11 is 0. The highest BCUT2D eigenvalue weighted by Gasteiger charge is 2.23. The first-order valence-corrected chi connectivity index (χ1v) is 8.07. The number of sulfone groups is 1. The Balaban J connectivity index is 2.86. The maximum atomic E-state index is 11.9. The number of rotatable bonds is 6. The largest absolute Gasteiger partial charge is 0.480 e. The van der Waals surface area contributed by atoms with E-state index in [4.69, 9.17) is 5.11 Å². The van der Waals surface area contributed by atoms with Gasteiger partial charge in [0.15, 0.2) is 5.43 Å². The number of hydrogen-bond donors (Lipinski definition) is 3. The molecule has 1 unspecified atom stereocenters. The average Bonchev–Trinajstić information content (AvgIpc) is 2.32. The average molecular weight is 316 g/mol. The minimum Gasteiger partial charge on any atom is -0.480 e. The lowest BCUT2D eigenvalue weighted by Gasteiger charge is -2.13. The van der Waals surface area contributed by atoms with Crippen LogP contribution in [-0.2, 0) is 14.6 Å². The van der Waals surface area contributed by atoms with Gasteiger partial charge in [-0.3, -0.25) is 9.59 Å². The molecule has 0 fully saturated rings. The monoisotopic (exact) mass is 316 g/mol. The lowest BCUT2D eigenvalue weighted by molar-refractivity contribution is -0.139. The van der Waals surface area contributed by atoms with E-state index in [0.717, 1.165) is 6.26 Å². The van der Waals surface area contributed by atoms with E-state index < -0.39 is 33.2 Å².